The van der Waals surface area contributed by atoms with E-state index < -0.39 is 11.8 Å². The zero-order valence-corrected chi connectivity index (χ0v) is 18.4. The van der Waals surface area contributed by atoms with Gasteiger partial charge in [-0.2, -0.15) is 10.2 Å². The van der Waals surface area contributed by atoms with E-state index in [2.05, 4.69) is 21.4 Å². The van der Waals surface area contributed by atoms with E-state index in [0.717, 1.165) is 5.56 Å². The molecule has 0 fully saturated rings. The van der Waals surface area contributed by atoms with Gasteiger partial charge in [-0.15, -0.1) is 0 Å². The Labute approximate surface area is 191 Å². The molecule has 1 atom stereocenters. The monoisotopic (exact) mass is 443 g/mol. The standard InChI is InChI=1S/C24H21N5O2S/c1-15-6-5-8-16(10-15)23(29-20-12-27-13-21(28-20)31-2)24(30)22(26)19(14-32)18-9-4-3-7-17(18)11-25/h3-10,12-14,23H,26H2,1-2H3,(H,28,29). The molecule has 0 aliphatic heterocycles. The predicted molar refractivity (Wildman–Crippen MR) is 127 cm³/mol. The molecule has 1 unspecified atom stereocenters. The lowest BCUT2D eigenvalue weighted by Crippen LogP contribution is -2.27. The maximum Gasteiger partial charge on any atom is 0.233 e. The molecule has 7 nitrogen and oxygen atoms in total. The molecular formula is C24H21N5O2S. The quantitative estimate of drug-likeness (QED) is 0.400. The molecule has 0 amide bonds. The summed E-state index contributed by atoms with van der Waals surface area (Å²) in [5.74, 6) is 0.235. The lowest BCUT2D eigenvalue weighted by molar-refractivity contribution is -0.116. The number of nitriles is 1. The second kappa shape index (κ2) is 10.3. The van der Waals surface area contributed by atoms with Gasteiger partial charge in [-0.1, -0.05) is 60.2 Å². The third-order valence-corrected chi connectivity index (χ3v) is 5.00. The lowest BCUT2D eigenvalue weighted by Gasteiger charge is -2.20. The van der Waals surface area contributed by atoms with Crippen LogP contribution >= 0.6 is 12.2 Å². The van der Waals surface area contributed by atoms with E-state index in [9.17, 15) is 10.1 Å². The molecule has 3 rings (SSSR count). The van der Waals surface area contributed by atoms with Crippen LogP contribution in [0.15, 0.2) is 66.6 Å². The molecule has 160 valence electrons. The molecular weight excluding hydrogens is 422 g/mol. The summed E-state index contributed by atoms with van der Waals surface area (Å²) in [6, 6.07) is 15.6. The first-order valence-electron chi connectivity index (χ1n) is 9.66. The smallest absolute Gasteiger partial charge is 0.233 e. The molecule has 0 aliphatic rings. The number of carbonyl (C=O) groups is 1. The number of carbonyl (C=O) groups excluding carboxylic acids is 1. The number of benzene rings is 2. The van der Waals surface area contributed by atoms with Gasteiger partial charge in [0.05, 0.1) is 36.8 Å². The summed E-state index contributed by atoms with van der Waals surface area (Å²) in [7, 11) is 1.48. The normalized spacial score (nSPS) is 12.2. The van der Waals surface area contributed by atoms with E-state index in [4.69, 9.17) is 22.7 Å². The number of Topliss-reactive ketones (excluding diaryl/α,β-unsaturated/α-hetero) is 1. The van der Waals surface area contributed by atoms with Crippen LogP contribution in [0.25, 0.3) is 5.57 Å². The van der Waals surface area contributed by atoms with Gasteiger partial charge in [-0.25, -0.2) is 0 Å². The summed E-state index contributed by atoms with van der Waals surface area (Å²) >= 11 is 5.16. The van der Waals surface area contributed by atoms with Crippen molar-refractivity contribution in [3.05, 3.63) is 88.9 Å². The first-order valence-corrected chi connectivity index (χ1v) is 10.1. The average Bonchev–Trinajstić information content (AvgIpc) is 2.83. The summed E-state index contributed by atoms with van der Waals surface area (Å²) in [4.78, 5) is 22.0. The fraction of sp³-hybridized carbons (Fsp3) is 0.125. The molecule has 0 aliphatic carbocycles. The summed E-state index contributed by atoms with van der Waals surface area (Å²) in [5, 5.41) is 13.9. The topological polar surface area (TPSA) is 114 Å². The Balaban J connectivity index is 2.10. The minimum Gasteiger partial charge on any atom is -0.480 e. The summed E-state index contributed by atoms with van der Waals surface area (Å²) < 4.78 is 5.13. The zero-order valence-electron chi connectivity index (χ0n) is 17.6. The van der Waals surface area contributed by atoms with Crippen molar-refractivity contribution in [3.63, 3.8) is 0 Å². The number of aromatic nitrogens is 2. The number of hydrogen-bond acceptors (Lipinski definition) is 8. The van der Waals surface area contributed by atoms with Crippen molar-refractivity contribution in [2.24, 2.45) is 5.73 Å². The summed E-state index contributed by atoms with van der Waals surface area (Å²) in [5.41, 5.74) is 9.14. The van der Waals surface area contributed by atoms with Gasteiger partial charge in [0.2, 0.25) is 11.7 Å². The van der Waals surface area contributed by atoms with E-state index in [-0.39, 0.29) is 5.70 Å². The molecule has 1 aromatic heterocycles. The number of nitrogens with one attached hydrogen (secondary N) is 1. The Hall–Kier alpha value is -4.09. The maximum absolute atomic E-state index is 13.6. The number of nitrogens with zero attached hydrogens (tertiary/aromatic N) is 3. The first kappa shape index (κ1) is 22.6. The minimum atomic E-state index is -0.865. The molecule has 3 aromatic rings. The fourth-order valence-electron chi connectivity index (χ4n) is 3.19. The highest BCUT2D eigenvalue weighted by atomic mass is 32.1. The molecule has 0 saturated carbocycles. The highest BCUT2D eigenvalue weighted by Gasteiger charge is 2.26. The number of allylic oxidation sites excluding steroid dienone is 1. The second-order valence-corrected chi connectivity index (χ2v) is 7.14. The Morgan fingerprint density at radius 2 is 2.03 bits per heavy atom. The van der Waals surface area contributed by atoms with E-state index in [1.807, 2.05) is 31.2 Å². The van der Waals surface area contributed by atoms with Gasteiger partial charge >= 0.3 is 0 Å². The van der Waals surface area contributed by atoms with Crippen LogP contribution < -0.4 is 15.8 Å². The maximum atomic E-state index is 13.6. The van der Waals surface area contributed by atoms with Crippen molar-refractivity contribution in [1.82, 2.24) is 9.97 Å². The van der Waals surface area contributed by atoms with E-state index in [0.29, 0.717) is 34.0 Å². The largest absolute Gasteiger partial charge is 0.480 e. The van der Waals surface area contributed by atoms with Crippen LogP contribution in [0.5, 0.6) is 5.88 Å². The molecule has 1 heterocycles. The molecule has 0 spiro atoms. The number of aryl methyl sites for hydroxylation is 1. The van der Waals surface area contributed by atoms with E-state index in [1.165, 1.54) is 24.9 Å². The third kappa shape index (κ3) is 4.96. The highest BCUT2D eigenvalue weighted by Crippen LogP contribution is 2.27. The Morgan fingerprint density at radius 3 is 2.72 bits per heavy atom. The Kier molecular flexibility index (Phi) is 7.26. The van der Waals surface area contributed by atoms with Crippen LogP contribution in [-0.4, -0.2) is 28.2 Å². The summed E-state index contributed by atoms with van der Waals surface area (Å²) in [6.45, 7) is 1.93. The van der Waals surface area contributed by atoms with Crippen molar-refractivity contribution in [2.75, 3.05) is 12.4 Å². The Morgan fingerprint density at radius 1 is 1.25 bits per heavy atom. The number of rotatable bonds is 8. The van der Waals surface area contributed by atoms with E-state index in [1.54, 1.807) is 24.3 Å². The lowest BCUT2D eigenvalue weighted by atomic mass is 9.93. The van der Waals surface area contributed by atoms with Crippen LogP contribution in [0, 0.1) is 18.3 Å². The van der Waals surface area contributed by atoms with Crippen LogP contribution in [0.1, 0.15) is 28.3 Å². The highest BCUT2D eigenvalue weighted by molar-refractivity contribution is 7.79. The van der Waals surface area contributed by atoms with Crippen molar-refractivity contribution in [2.45, 2.75) is 13.0 Å². The van der Waals surface area contributed by atoms with Crippen LogP contribution in [0.4, 0.5) is 5.82 Å². The van der Waals surface area contributed by atoms with Gasteiger partial charge in [0, 0.05) is 16.5 Å². The van der Waals surface area contributed by atoms with Crippen LogP contribution in [0.3, 0.4) is 0 Å². The van der Waals surface area contributed by atoms with Gasteiger partial charge in [-0.05, 0) is 18.6 Å². The van der Waals surface area contributed by atoms with Gasteiger partial charge in [0.25, 0.3) is 0 Å². The molecule has 2 aromatic carbocycles. The van der Waals surface area contributed by atoms with Crippen molar-refractivity contribution in [3.8, 4) is 11.9 Å². The Bertz CT molecular complexity index is 1230. The average molecular weight is 444 g/mol. The number of thiocarbonyl (C=S) groups is 1. The number of anilines is 1. The predicted octanol–water partition coefficient (Wildman–Crippen LogP) is 3.76. The number of hydrogen-bond donors (Lipinski definition) is 2. The SMILES string of the molecule is COc1cncc(NC(C(=O)C(N)=C(C=S)c2ccccc2C#N)c2cccc(C)c2)n1. The second-order valence-electron chi connectivity index (χ2n) is 6.91. The molecule has 0 saturated heterocycles. The number of ketones is 1. The molecule has 0 radical (unpaired) electrons. The van der Waals surface area contributed by atoms with Gasteiger partial charge in [-0.3, -0.25) is 9.78 Å². The molecule has 0 bridgehead atoms. The first-order chi connectivity index (χ1) is 15.5. The van der Waals surface area contributed by atoms with Crippen LogP contribution in [0.2, 0.25) is 0 Å². The van der Waals surface area contributed by atoms with Crippen molar-refractivity contribution >= 4 is 34.8 Å². The van der Waals surface area contributed by atoms with E-state index >= 15 is 0 Å². The molecule has 3 N–H and O–H groups in total. The van der Waals surface area contributed by atoms with Gasteiger partial charge in [0.1, 0.15) is 11.9 Å². The minimum absolute atomic E-state index is 0.0578. The number of methoxy groups -OCH3 is 1. The van der Waals surface area contributed by atoms with Gasteiger partial charge in [0.15, 0.2) is 0 Å². The summed E-state index contributed by atoms with van der Waals surface area (Å²) in [6.07, 6.45) is 2.95. The van der Waals surface area contributed by atoms with Crippen molar-refractivity contribution in [1.29, 1.82) is 5.26 Å². The number of nitrogens with two attached hydrogens (primary N) is 1. The van der Waals surface area contributed by atoms with Crippen molar-refractivity contribution < 1.29 is 9.53 Å². The molecule has 32 heavy (non-hydrogen) atoms. The zero-order chi connectivity index (χ0) is 23.1. The fourth-order valence-corrected chi connectivity index (χ4v) is 3.44. The van der Waals surface area contributed by atoms with Crippen LogP contribution in [-0.2, 0) is 4.79 Å². The van der Waals surface area contributed by atoms with Gasteiger partial charge < -0.3 is 15.8 Å². The number of ether oxygens (including phenoxy) is 1. The third-order valence-electron chi connectivity index (χ3n) is 4.76. The molecule has 8 heteroatoms.